The van der Waals surface area contributed by atoms with Crippen LogP contribution in [-0.4, -0.2) is 56.7 Å². The van der Waals surface area contributed by atoms with Crippen LogP contribution in [0.4, 0.5) is 30.6 Å². The van der Waals surface area contributed by atoms with E-state index in [9.17, 15) is 37.6 Å². The molecule has 0 spiro atoms. The van der Waals surface area contributed by atoms with E-state index in [1.807, 2.05) is 12.1 Å². The van der Waals surface area contributed by atoms with Gasteiger partial charge in [0.2, 0.25) is 23.6 Å². The molecule has 0 aliphatic carbocycles. The predicted molar refractivity (Wildman–Crippen MR) is 314 cm³/mol. The van der Waals surface area contributed by atoms with Crippen molar-refractivity contribution in [2.24, 2.45) is 22.9 Å². The van der Waals surface area contributed by atoms with Crippen LogP contribution in [0.1, 0.15) is 36.7 Å². The van der Waals surface area contributed by atoms with E-state index >= 15 is 0 Å². The molecule has 4 amide bonds. The normalized spacial score (nSPS) is 11.5. The van der Waals surface area contributed by atoms with Gasteiger partial charge in [-0.3, -0.25) is 19.2 Å². The lowest BCUT2D eigenvalue weighted by atomic mass is 10.1. The molecule has 0 fully saturated rings. The Hall–Kier alpha value is -11.0. The summed E-state index contributed by atoms with van der Waals surface area (Å²) in [5.41, 5.74) is 25.8. The number of hydrogen-bond donors (Lipinski definition) is 7. The minimum absolute atomic E-state index is 0.237. The van der Waals surface area contributed by atoms with Crippen LogP contribution in [-0.2, 0) is 14.4 Å². The number of ether oxygens (including phenoxy) is 3. The number of benzene rings is 6. The molecular formula is C62H53ClF3N11O7. The van der Waals surface area contributed by atoms with Gasteiger partial charge in [0.1, 0.15) is 87.5 Å². The lowest BCUT2D eigenvalue weighted by Gasteiger charge is -2.13. The summed E-state index contributed by atoms with van der Waals surface area (Å²) in [5.74, 6) is 1.24. The largest absolute Gasteiger partial charge is 0.457 e. The van der Waals surface area contributed by atoms with Crippen LogP contribution >= 0.6 is 11.6 Å². The van der Waals surface area contributed by atoms with Crippen LogP contribution in [0.25, 0.3) is 33.8 Å². The Morgan fingerprint density at radius 3 is 1.04 bits per heavy atom. The van der Waals surface area contributed by atoms with Gasteiger partial charge < -0.3 is 53.1 Å². The molecule has 9 rings (SSSR count). The van der Waals surface area contributed by atoms with Crippen molar-refractivity contribution in [3.8, 4) is 74.3 Å². The molecule has 0 radical (unpaired) electrons. The predicted octanol–water partition coefficient (Wildman–Crippen LogP) is 11.5. The number of nitrogens with zero attached hydrogens (tertiary/aromatic N) is 4. The number of halogens is 4. The number of anilines is 3. The van der Waals surface area contributed by atoms with Crippen LogP contribution in [0.2, 0.25) is 5.02 Å². The number of rotatable bonds is 19. The molecule has 0 saturated heterocycles. The molecule has 22 heteroatoms. The van der Waals surface area contributed by atoms with E-state index in [1.54, 1.807) is 136 Å². The maximum atomic E-state index is 13.0. The molecule has 6 aromatic carbocycles. The highest BCUT2D eigenvalue weighted by Crippen LogP contribution is 2.31. The van der Waals surface area contributed by atoms with Crippen LogP contribution in [0.15, 0.2) is 182 Å². The summed E-state index contributed by atoms with van der Waals surface area (Å²) in [6, 6.07) is 48.2. The van der Waals surface area contributed by atoms with Crippen molar-refractivity contribution in [3.05, 3.63) is 216 Å². The van der Waals surface area contributed by atoms with E-state index < -0.39 is 41.8 Å². The van der Waals surface area contributed by atoms with Crippen LogP contribution < -0.4 is 53.1 Å². The topological polar surface area (TPSA) is 299 Å². The molecule has 0 saturated carbocycles. The summed E-state index contributed by atoms with van der Waals surface area (Å²) >= 11 is 6.16. The van der Waals surface area contributed by atoms with Gasteiger partial charge in [-0.2, -0.15) is 5.26 Å². The Balaban J connectivity index is 0.000000181. The van der Waals surface area contributed by atoms with E-state index in [4.69, 9.17) is 48.7 Å². The van der Waals surface area contributed by atoms with E-state index in [1.165, 1.54) is 54.6 Å². The van der Waals surface area contributed by atoms with Crippen molar-refractivity contribution in [3.63, 3.8) is 0 Å². The third-order valence-corrected chi connectivity index (χ3v) is 12.0. The molecule has 0 aliphatic heterocycles. The van der Waals surface area contributed by atoms with Crippen molar-refractivity contribution >= 4 is 52.7 Å². The van der Waals surface area contributed by atoms with Crippen LogP contribution in [0.5, 0.6) is 34.5 Å². The third kappa shape index (κ3) is 18.0. The molecule has 3 heterocycles. The first-order chi connectivity index (χ1) is 40.2. The number of nitrogens with one attached hydrogen (secondary N) is 3. The number of amides is 4. The molecule has 84 heavy (non-hydrogen) atoms. The first-order valence-electron chi connectivity index (χ1n) is 25.4. The fourth-order valence-corrected chi connectivity index (χ4v) is 7.51. The number of carbonyl (C=O) groups is 4. The molecule has 0 aliphatic rings. The van der Waals surface area contributed by atoms with E-state index in [0.717, 1.165) is 11.1 Å². The van der Waals surface area contributed by atoms with Gasteiger partial charge in [0, 0.05) is 27.3 Å². The quantitative estimate of drug-likeness (QED) is 0.0396. The Kier molecular flexibility index (Phi) is 20.5. The molecule has 11 N–H and O–H groups in total. The lowest BCUT2D eigenvalue weighted by Crippen LogP contribution is -2.32. The average molecular weight is 1160 g/mol. The Morgan fingerprint density at radius 2 is 0.726 bits per heavy atom. The zero-order chi connectivity index (χ0) is 60.5. The van der Waals surface area contributed by atoms with Gasteiger partial charge in [-0.1, -0.05) is 11.6 Å². The van der Waals surface area contributed by atoms with Crippen molar-refractivity contribution < 1.29 is 46.6 Å². The summed E-state index contributed by atoms with van der Waals surface area (Å²) in [4.78, 5) is 58.8. The van der Waals surface area contributed by atoms with E-state index in [-0.39, 0.29) is 23.0 Å². The molecular weight excluding hydrogens is 1100 g/mol. The maximum Gasteiger partial charge on any atom is 0.248 e. The zero-order valence-electron chi connectivity index (χ0n) is 45.0. The average Bonchev–Trinajstić information content (AvgIpc) is 3.58. The van der Waals surface area contributed by atoms with Gasteiger partial charge in [0.25, 0.3) is 0 Å². The molecule has 0 unspecified atom stereocenters. The zero-order valence-corrected chi connectivity index (χ0v) is 45.8. The second-order valence-electron chi connectivity index (χ2n) is 18.3. The maximum absolute atomic E-state index is 13.0. The van der Waals surface area contributed by atoms with Crippen molar-refractivity contribution in [2.45, 2.75) is 38.9 Å². The van der Waals surface area contributed by atoms with Gasteiger partial charge in [0.15, 0.2) is 0 Å². The lowest BCUT2D eigenvalue weighted by molar-refractivity contribution is -0.119. The molecule has 426 valence electrons. The second kappa shape index (κ2) is 28.4. The smallest absolute Gasteiger partial charge is 0.248 e. The van der Waals surface area contributed by atoms with Gasteiger partial charge in [-0.05, 0) is 203 Å². The number of primary amides is 4. The van der Waals surface area contributed by atoms with Crippen molar-refractivity contribution in [1.29, 1.82) is 5.26 Å². The number of pyridine rings is 3. The van der Waals surface area contributed by atoms with E-state index in [0.29, 0.717) is 85.2 Å². The second-order valence-corrected chi connectivity index (χ2v) is 18.8. The first-order valence-corrected chi connectivity index (χ1v) is 25.8. The fraction of sp³-hybridized carbons (Fsp3) is 0.0968. The van der Waals surface area contributed by atoms with Gasteiger partial charge in [0.05, 0.1) is 28.7 Å². The Labute approximate surface area is 485 Å². The summed E-state index contributed by atoms with van der Waals surface area (Å²) in [5, 5.41) is 18.4. The van der Waals surface area contributed by atoms with Crippen LogP contribution in [0.3, 0.4) is 0 Å². The van der Waals surface area contributed by atoms with E-state index in [2.05, 4.69) is 37.0 Å². The number of carbonyl (C=O) groups excluding carboxylic acids is 4. The van der Waals surface area contributed by atoms with Crippen LogP contribution in [0, 0.1) is 28.8 Å². The highest BCUT2D eigenvalue weighted by Gasteiger charge is 2.16. The monoisotopic (exact) mass is 1160 g/mol. The molecule has 9 aromatic rings. The molecule has 18 nitrogen and oxygen atoms in total. The van der Waals surface area contributed by atoms with Gasteiger partial charge >= 0.3 is 0 Å². The third-order valence-electron chi connectivity index (χ3n) is 11.8. The standard InChI is InChI=1S/C21H19FN4O3.C21H17FN4O2.C20H17ClFN3O2/c1-12(20(23)27)25-19-11-14(21(24)28)10-18(26-19)13-2-6-16(7-3-13)29-17-8-4-15(22)5-9-17;1-13(21(24)27)25-20-11-14(12-23)10-19(26-20)15-2-6-17(7-3-15)28-18-8-4-16(22)5-9-18;1-12(20(23)26)24-19-11-14(21)10-18(25-19)13-2-6-16(7-3-13)27-17-8-4-15(22)5-9-17/h2-12H,1H3,(H2,23,27)(H2,24,28)(H,25,26);2-11,13H,1H3,(H2,24,27)(H,25,26);2-12H,1H3,(H2,23,26)(H,24,25)/t12-;13-;12-/m000/s1. The highest BCUT2D eigenvalue weighted by molar-refractivity contribution is 6.31. The number of nitriles is 1. The Morgan fingerprint density at radius 1 is 0.440 bits per heavy atom. The highest BCUT2D eigenvalue weighted by atomic mass is 35.5. The molecule has 0 bridgehead atoms. The SMILES string of the molecule is C[C@H](Nc1cc(C#N)cc(-c2ccc(Oc3ccc(F)cc3)cc2)n1)C(N)=O.C[C@H](Nc1cc(C(N)=O)cc(-c2ccc(Oc3ccc(F)cc3)cc2)n1)C(N)=O.C[C@H](Nc1cc(Cl)cc(-c2ccc(Oc3ccc(F)cc3)cc2)n1)C(N)=O. The fourth-order valence-electron chi connectivity index (χ4n) is 7.31. The number of aromatic nitrogens is 3. The number of hydrogen-bond acceptors (Lipinski definition) is 14. The summed E-state index contributed by atoms with van der Waals surface area (Å²) in [7, 11) is 0. The molecule has 3 aromatic heterocycles. The van der Waals surface area contributed by atoms with Gasteiger partial charge in [-0.15, -0.1) is 0 Å². The van der Waals surface area contributed by atoms with Crippen molar-refractivity contribution in [2.75, 3.05) is 16.0 Å². The summed E-state index contributed by atoms with van der Waals surface area (Å²) in [6.45, 7) is 4.85. The minimum atomic E-state index is -0.676. The van der Waals surface area contributed by atoms with Crippen molar-refractivity contribution in [1.82, 2.24) is 15.0 Å². The summed E-state index contributed by atoms with van der Waals surface area (Å²) < 4.78 is 55.9. The number of nitrogens with two attached hydrogens (primary N) is 4. The summed E-state index contributed by atoms with van der Waals surface area (Å²) in [6.07, 6.45) is 0. The van der Waals surface area contributed by atoms with Gasteiger partial charge in [-0.25, -0.2) is 28.1 Å². The molecule has 3 atom stereocenters. The Bertz CT molecular complexity index is 3800. The minimum Gasteiger partial charge on any atom is -0.457 e. The first kappa shape index (κ1) is 60.7.